The first-order valence-corrected chi connectivity index (χ1v) is 7.45. The number of nitrogens with two attached hydrogens (primary N) is 1. The van der Waals surface area contributed by atoms with Gasteiger partial charge in [-0.3, -0.25) is 4.40 Å². The van der Waals surface area contributed by atoms with Gasteiger partial charge in [-0.05, 0) is 25.5 Å². The van der Waals surface area contributed by atoms with Gasteiger partial charge in [-0.15, -0.1) is 11.3 Å². The molecule has 0 bridgehead atoms. The average Bonchev–Trinajstić information content (AvgIpc) is 2.97. The van der Waals surface area contributed by atoms with Crippen LogP contribution in [-0.2, 0) is 6.54 Å². The molecule has 0 amide bonds. The summed E-state index contributed by atoms with van der Waals surface area (Å²) in [7, 11) is 2.04. The van der Waals surface area contributed by atoms with Crippen molar-refractivity contribution in [2.24, 2.45) is 5.73 Å². The Morgan fingerprint density at radius 3 is 2.85 bits per heavy atom. The van der Waals surface area contributed by atoms with Crippen LogP contribution in [0, 0.1) is 13.8 Å². The third-order valence-electron chi connectivity index (χ3n) is 3.56. The Morgan fingerprint density at radius 2 is 2.15 bits per heavy atom. The molecule has 2 aromatic heterocycles. The van der Waals surface area contributed by atoms with Crippen LogP contribution in [0.5, 0.6) is 0 Å². The maximum absolute atomic E-state index is 5.92. The average molecular weight is 286 g/mol. The first-order chi connectivity index (χ1) is 9.61. The predicted molar refractivity (Wildman–Crippen MR) is 84.9 cm³/mol. The second-order valence-electron chi connectivity index (χ2n) is 4.99. The van der Waals surface area contributed by atoms with Crippen LogP contribution in [0.15, 0.2) is 29.8 Å². The van der Waals surface area contributed by atoms with Gasteiger partial charge in [0.1, 0.15) is 0 Å². The van der Waals surface area contributed by atoms with Crippen molar-refractivity contribution < 1.29 is 0 Å². The van der Waals surface area contributed by atoms with Crippen LogP contribution in [0.3, 0.4) is 0 Å². The number of aryl methyl sites for hydroxylation is 2. The van der Waals surface area contributed by atoms with Crippen LogP contribution in [0.25, 0.3) is 4.96 Å². The van der Waals surface area contributed by atoms with Gasteiger partial charge in [0, 0.05) is 30.9 Å². The number of aromatic nitrogens is 2. The molecule has 0 aliphatic heterocycles. The van der Waals surface area contributed by atoms with Gasteiger partial charge in [0.05, 0.1) is 5.69 Å². The molecule has 104 valence electrons. The van der Waals surface area contributed by atoms with Crippen molar-refractivity contribution in [3.05, 3.63) is 46.6 Å². The number of hydrogen-bond donors (Lipinski definition) is 1. The van der Waals surface area contributed by atoms with Crippen molar-refractivity contribution in [3.8, 4) is 0 Å². The fraction of sp³-hybridized carbons (Fsp3) is 0.267. The molecule has 0 fully saturated rings. The number of nitrogens with zero attached hydrogens (tertiary/aromatic N) is 3. The summed E-state index contributed by atoms with van der Waals surface area (Å²) in [6.45, 7) is 4.70. The zero-order valence-corrected chi connectivity index (χ0v) is 12.7. The Balaban J connectivity index is 2.11. The first-order valence-electron chi connectivity index (χ1n) is 6.57. The van der Waals surface area contributed by atoms with Crippen molar-refractivity contribution in [2.45, 2.75) is 20.4 Å². The molecule has 4 nitrogen and oxygen atoms in total. The summed E-state index contributed by atoms with van der Waals surface area (Å²) in [5.41, 5.74) is 10.6. The topological polar surface area (TPSA) is 46.6 Å². The second kappa shape index (κ2) is 4.92. The lowest BCUT2D eigenvalue weighted by Crippen LogP contribution is -2.15. The summed E-state index contributed by atoms with van der Waals surface area (Å²) >= 11 is 1.63. The molecule has 1 aromatic carbocycles. The highest BCUT2D eigenvalue weighted by Gasteiger charge is 2.17. The molecule has 0 aliphatic carbocycles. The van der Waals surface area contributed by atoms with Crippen LogP contribution < -0.4 is 10.6 Å². The lowest BCUT2D eigenvalue weighted by Gasteiger charge is -2.20. The Morgan fingerprint density at radius 1 is 1.35 bits per heavy atom. The van der Waals surface area contributed by atoms with Gasteiger partial charge in [0.2, 0.25) is 0 Å². The molecular weight excluding hydrogens is 268 g/mol. The highest BCUT2D eigenvalue weighted by molar-refractivity contribution is 7.15. The van der Waals surface area contributed by atoms with E-state index in [-0.39, 0.29) is 0 Å². The van der Waals surface area contributed by atoms with Gasteiger partial charge >= 0.3 is 0 Å². The number of rotatable bonds is 3. The zero-order valence-electron chi connectivity index (χ0n) is 11.9. The smallest absolute Gasteiger partial charge is 0.195 e. The van der Waals surface area contributed by atoms with Crippen LogP contribution in [-0.4, -0.2) is 16.4 Å². The minimum Gasteiger partial charge on any atom is -0.328 e. The predicted octanol–water partition coefficient (Wildman–Crippen LogP) is 3.24. The Hall–Kier alpha value is -1.85. The molecule has 0 saturated carbocycles. The number of anilines is 2. The van der Waals surface area contributed by atoms with E-state index in [1.54, 1.807) is 11.3 Å². The maximum atomic E-state index is 5.92. The molecule has 0 saturated heterocycles. The molecule has 3 aromatic rings. The van der Waals surface area contributed by atoms with Crippen LogP contribution in [0.2, 0.25) is 0 Å². The highest BCUT2D eigenvalue weighted by Crippen LogP contribution is 2.31. The van der Waals surface area contributed by atoms with Crippen LogP contribution >= 0.6 is 11.3 Å². The zero-order chi connectivity index (χ0) is 14.3. The van der Waals surface area contributed by atoms with E-state index in [2.05, 4.69) is 41.3 Å². The maximum Gasteiger partial charge on any atom is 0.195 e. The van der Waals surface area contributed by atoms with E-state index in [0.717, 1.165) is 22.2 Å². The van der Waals surface area contributed by atoms with Crippen molar-refractivity contribution in [2.75, 3.05) is 11.9 Å². The summed E-state index contributed by atoms with van der Waals surface area (Å²) in [5, 5.41) is 2.03. The van der Waals surface area contributed by atoms with E-state index in [1.807, 2.05) is 18.6 Å². The quantitative estimate of drug-likeness (QED) is 0.804. The summed E-state index contributed by atoms with van der Waals surface area (Å²) in [5.74, 6) is 0.936. The summed E-state index contributed by atoms with van der Waals surface area (Å²) in [6, 6.07) is 6.45. The van der Waals surface area contributed by atoms with E-state index in [0.29, 0.717) is 6.54 Å². The monoisotopic (exact) mass is 286 g/mol. The van der Waals surface area contributed by atoms with Crippen molar-refractivity contribution in [1.29, 1.82) is 0 Å². The first kappa shape index (κ1) is 13.1. The molecule has 2 N–H and O–H groups in total. The molecule has 0 spiro atoms. The molecule has 20 heavy (non-hydrogen) atoms. The summed E-state index contributed by atoms with van der Waals surface area (Å²) < 4.78 is 2.07. The van der Waals surface area contributed by atoms with Gasteiger partial charge in [-0.25, -0.2) is 4.98 Å². The van der Waals surface area contributed by atoms with Gasteiger partial charge in [0.25, 0.3) is 0 Å². The van der Waals surface area contributed by atoms with E-state index in [1.165, 1.54) is 11.1 Å². The minimum atomic E-state index is 0.475. The van der Waals surface area contributed by atoms with Gasteiger partial charge in [0.15, 0.2) is 10.8 Å². The molecule has 2 heterocycles. The van der Waals surface area contributed by atoms with Gasteiger partial charge < -0.3 is 10.6 Å². The highest BCUT2D eigenvalue weighted by atomic mass is 32.1. The second-order valence-corrected chi connectivity index (χ2v) is 5.86. The van der Waals surface area contributed by atoms with Crippen LogP contribution in [0.4, 0.5) is 11.5 Å². The third-order valence-corrected chi connectivity index (χ3v) is 4.32. The fourth-order valence-electron chi connectivity index (χ4n) is 2.58. The molecule has 3 rings (SSSR count). The SMILES string of the molecule is Cc1ccc(N(C)c2nc3sccn3c2CN)c(C)c1. The number of fused-ring (bicyclic) bond motifs is 1. The van der Waals surface area contributed by atoms with Crippen molar-refractivity contribution in [1.82, 2.24) is 9.38 Å². The molecule has 0 atom stereocenters. The van der Waals surface area contributed by atoms with Crippen molar-refractivity contribution >= 4 is 27.8 Å². The molecule has 5 heteroatoms. The normalized spacial score (nSPS) is 11.2. The summed E-state index contributed by atoms with van der Waals surface area (Å²) in [4.78, 5) is 7.82. The Bertz CT molecular complexity index is 756. The van der Waals surface area contributed by atoms with E-state index in [4.69, 9.17) is 10.7 Å². The standard InChI is InChI=1S/C15H18N4S/c1-10-4-5-12(11(2)8-10)18(3)14-13(9-16)19-6-7-20-15(19)17-14/h4-8H,9,16H2,1-3H3. The van der Waals surface area contributed by atoms with Crippen molar-refractivity contribution in [3.63, 3.8) is 0 Å². The Labute approximate surface area is 122 Å². The van der Waals surface area contributed by atoms with Gasteiger partial charge in [-0.2, -0.15) is 0 Å². The molecule has 0 unspecified atom stereocenters. The van der Waals surface area contributed by atoms with E-state index in [9.17, 15) is 0 Å². The largest absolute Gasteiger partial charge is 0.328 e. The number of hydrogen-bond acceptors (Lipinski definition) is 4. The van der Waals surface area contributed by atoms with E-state index < -0.39 is 0 Å². The lowest BCUT2D eigenvalue weighted by molar-refractivity contribution is 0.953. The van der Waals surface area contributed by atoms with Crippen LogP contribution in [0.1, 0.15) is 16.8 Å². The number of benzene rings is 1. The lowest BCUT2D eigenvalue weighted by atomic mass is 10.1. The number of thiazole rings is 1. The van der Waals surface area contributed by atoms with E-state index >= 15 is 0 Å². The van der Waals surface area contributed by atoms with Gasteiger partial charge in [-0.1, -0.05) is 17.7 Å². The molecule has 0 radical (unpaired) electrons. The minimum absolute atomic E-state index is 0.475. The molecule has 0 aliphatic rings. The summed E-state index contributed by atoms with van der Waals surface area (Å²) in [6.07, 6.45) is 2.02. The third kappa shape index (κ3) is 1.99. The Kier molecular flexibility index (Phi) is 3.23. The number of imidazole rings is 1. The fourth-order valence-corrected chi connectivity index (χ4v) is 3.30. The molecular formula is C15H18N4S.